The van der Waals surface area contributed by atoms with Crippen LogP contribution in [0.1, 0.15) is 32.7 Å². The number of carbonyl (C=O) groups is 2. The predicted molar refractivity (Wildman–Crippen MR) is 98.4 cm³/mol. The summed E-state index contributed by atoms with van der Waals surface area (Å²) in [5, 5.41) is 8.80. The van der Waals surface area contributed by atoms with Gasteiger partial charge >= 0.3 is 5.97 Å². The Bertz CT molecular complexity index is 880. The molecular weight excluding hydrogens is 384 g/mol. The van der Waals surface area contributed by atoms with Crippen LogP contribution in [0.2, 0.25) is 0 Å². The summed E-state index contributed by atoms with van der Waals surface area (Å²) in [6.45, 7) is 3.38. The molecule has 2 rings (SSSR count). The molecule has 0 unspecified atom stereocenters. The number of hydrogen-bond acceptors (Lipinski definition) is 3. The number of aliphatic carboxylic acids is 1. The highest BCUT2D eigenvalue weighted by Gasteiger charge is 2.19. The topological polar surface area (TPSA) is 70.5 Å². The van der Waals surface area contributed by atoms with Crippen LogP contribution in [0.3, 0.4) is 0 Å². The summed E-state index contributed by atoms with van der Waals surface area (Å²) in [6.07, 6.45) is 0. The normalized spacial score (nSPS) is 9.92. The van der Waals surface area contributed by atoms with Gasteiger partial charge in [-0.05, 0) is 53.5 Å². The molecule has 1 amide bonds. The fraction of sp³-hybridized carbons (Fsp3) is 0.211. The number of carboxylic acid groups (broad SMARTS) is 1. The number of benzene rings is 1. The van der Waals surface area contributed by atoms with Crippen molar-refractivity contribution in [1.29, 1.82) is 0 Å². The van der Waals surface area contributed by atoms with E-state index < -0.39 is 11.9 Å². The van der Waals surface area contributed by atoms with Crippen LogP contribution < -0.4 is 0 Å². The van der Waals surface area contributed by atoms with Gasteiger partial charge in [-0.1, -0.05) is 29.5 Å². The van der Waals surface area contributed by atoms with E-state index in [1.807, 2.05) is 31.2 Å². The van der Waals surface area contributed by atoms with Crippen molar-refractivity contribution in [3.05, 3.63) is 62.9 Å². The Balaban J connectivity index is 2.30. The second-order valence-corrected chi connectivity index (χ2v) is 6.41. The van der Waals surface area contributed by atoms with E-state index in [1.165, 1.54) is 7.05 Å². The molecule has 1 aromatic carbocycles. The van der Waals surface area contributed by atoms with Crippen LogP contribution in [-0.4, -0.2) is 40.5 Å². The van der Waals surface area contributed by atoms with Crippen molar-refractivity contribution in [2.45, 2.75) is 13.8 Å². The maximum Gasteiger partial charge on any atom is 0.323 e. The lowest BCUT2D eigenvalue weighted by Crippen LogP contribution is -2.33. The molecule has 0 fully saturated rings. The fourth-order valence-corrected chi connectivity index (χ4v) is 2.52. The van der Waals surface area contributed by atoms with Crippen LogP contribution in [-0.2, 0) is 4.79 Å². The number of aryl methyl sites for hydroxylation is 2. The van der Waals surface area contributed by atoms with Crippen molar-refractivity contribution < 1.29 is 14.7 Å². The van der Waals surface area contributed by atoms with E-state index in [1.54, 1.807) is 13.0 Å². The van der Waals surface area contributed by atoms with Crippen LogP contribution in [0.15, 0.2) is 34.9 Å². The van der Waals surface area contributed by atoms with Crippen LogP contribution in [0, 0.1) is 25.7 Å². The van der Waals surface area contributed by atoms with Crippen molar-refractivity contribution >= 4 is 27.8 Å². The van der Waals surface area contributed by atoms with Gasteiger partial charge in [0.25, 0.3) is 5.91 Å². The molecule has 0 aliphatic heterocycles. The number of aromatic nitrogens is 1. The molecule has 1 heterocycles. The second-order valence-electron chi connectivity index (χ2n) is 5.66. The molecule has 2 aromatic rings. The molecule has 0 saturated heterocycles. The number of carbonyl (C=O) groups excluding carboxylic acids is 1. The van der Waals surface area contributed by atoms with Crippen molar-refractivity contribution in [2.75, 3.05) is 13.6 Å². The van der Waals surface area contributed by atoms with E-state index in [4.69, 9.17) is 5.11 Å². The predicted octanol–water partition coefficient (Wildman–Crippen LogP) is 3.02. The van der Waals surface area contributed by atoms with Gasteiger partial charge in [0.15, 0.2) is 0 Å². The number of likely N-dealkylation sites (N-methyl/N-ethyl adjacent to an activating group) is 1. The van der Waals surface area contributed by atoms with Gasteiger partial charge in [-0.3, -0.25) is 9.59 Å². The van der Waals surface area contributed by atoms with E-state index >= 15 is 0 Å². The van der Waals surface area contributed by atoms with E-state index in [-0.39, 0.29) is 12.2 Å². The number of nitrogens with zero attached hydrogens (tertiary/aromatic N) is 2. The standard InChI is InChI=1S/C19H17BrN2O3/c1-12-4-6-14(7-5-12)8-9-15-10-13(2)17(21-18(15)20)19(25)22(3)11-16(23)24/h4-7,10H,11H2,1-3H3,(H,23,24). The summed E-state index contributed by atoms with van der Waals surface area (Å²) in [7, 11) is 1.43. The molecule has 128 valence electrons. The number of amides is 1. The Labute approximate surface area is 154 Å². The average Bonchev–Trinajstić information content (AvgIpc) is 2.55. The Kier molecular flexibility index (Phi) is 5.94. The third-order valence-electron chi connectivity index (χ3n) is 3.48. The zero-order valence-electron chi connectivity index (χ0n) is 14.1. The Morgan fingerprint density at radius 2 is 1.84 bits per heavy atom. The quantitative estimate of drug-likeness (QED) is 0.634. The number of hydrogen-bond donors (Lipinski definition) is 1. The van der Waals surface area contributed by atoms with Crippen LogP contribution in [0.5, 0.6) is 0 Å². The highest BCUT2D eigenvalue weighted by molar-refractivity contribution is 9.10. The summed E-state index contributed by atoms with van der Waals surface area (Å²) in [6, 6.07) is 9.62. The first-order valence-corrected chi connectivity index (χ1v) is 8.30. The monoisotopic (exact) mass is 400 g/mol. The van der Waals surface area contributed by atoms with Crippen molar-refractivity contribution in [2.24, 2.45) is 0 Å². The minimum Gasteiger partial charge on any atom is -0.480 e. The first kappa shape index (κ1) is 18.7. The van der Waals surface area contributed by atoms with Crippen LogP contribution in [0.4, 0.5) is 0 Å². The molecule has 5 nitrogen and oxygen atoms in total. The zero-order chi connectivity index (χ0) is 18.6. The van der Waals surface area contributed by atoms with Crippen LogP contribution in [0.25, 0.3) is 0 Å². The summed E-state index contributed by atoms with van der Waals surface area (Å²) in [5.41, 5.74) is 3.56. The molecule has 1 N–H and O–H groups in total. The first-order valence-electron chi connectivity index (χ1n) is 7.51. The lowest BCUT2D eigenvalue weighted by atomic mass is 10.1. The SMILES string of the molecule is Cc1ccc(C#Cc2cc(C)c(C(=O)N(C)CC(=O)O)nc2Br)cc1. The Morgan fingerprint density at radius 1 is 1.20 bits per heavy atom. The summed E-state index contributed by atoms with van der Waals surface area (Å²) in [4.78, 5) is 28.4. The van der Waals surface area contributed by atoms with Crippen molar-refractivity contribution in [1.82, 2.24) is 9.88 Å². The average molecular weight is 401 g/mol. The van der Waals surface area contributed by atoms with Gasteiger partial charge < -0.3 is 10.0 Å². The molecule has 6 heteroatoms. The molecule has 0 atom stereocenters. The van der Waals surface area contributed by atoms with Gasteiger partial charge in [0, 0.05) is 12.6 Å². The summed E-state index contributed by atoms with van der Waals surface area (Å²) >= 11 is 3.33. The smallest absolute Gasteiger partial charge is 0.323 e. The molecule has 0 spiro atoms. The summed E-state index contributed by atoms with van der Waals surface area (Å²) in [5.74, 6) is 4.58. The maximum atomic E-state index is 12.3. The first-order chi connectivity index (χ1) is 11.8. The van der Waals surface area contributed by atoms with E-state index in [0.717, 1.165) is 16.0 Å². The van der Waals surface area contributed by atoms with Gasteiger partial charge in [-0.2, -0.15) is 0 Å². The fourth-order valence-electron chi connectivity index (χ4n) is 2.13. The molecule has 0 radical (unpaired) electrons. The lowest BCUT2D eigenvalue weighted by molar-refractivity contribution is -0.137. The van der Waals surface area contributed by atoms with Crippen LogP contribution >= 0.6 is 15.9 Å². The zero-order valence-corrected chi connectivity index (χ0v) is 15.7. The van der Waals surface area contributed by atoms with Gasteiger partial charge in [-0.15, -0.1) is 0 Å². The molecule has 0 saturated carbocycles. The van der Waals surface area contributed by atoms with E-state index in [0.29, 0.717) is 15.7 Å². The number of carboxylic acids is 1. The van der Waals surface area contributed by atoms with Crippen molar-refractivity contribution in [3.8, 4) is 11.8 Å². The van der Waals surface area contributed by atoms with Gasteiger partial charge in [0.1, 0.15) is 16.8 Å². The Hall–Kier alpha value is -2.65. The highest BCUT2D eigenvalue weighted by atomic mass is 79.9. The molecule has 25 heavy (non-hydrogen) atoms. The third-order valence-corrected chi connectivity index (χ3v) is 4.09. The lowest BCUT2D eigenvalue weighted by Gasteiger charge is -2.15. The van der Waals surface area contributed by atoms with E-state index in [2.05, 4.69) is 32.8 Å². The summed E-state index contributed by atoms with van der Waals surface area (Å²) < 4.78 is 0.449. The third kappa shape index (κ3) is 4.91. The second kappa shape index (κ2) is 7.95. The van der Waals surface area contributed by atoms with Gasteiger partial charge in [0.05, 0.1) is 5.56 Å². The molecule has 0 bridgehead atoms. The largest absolute Gasteiger partial charge is 0.480 e. The Morgan fingerprint density at radius 3 is 2.44 bits per heavy atom. The van der Waals surface area contributed by atoms with Crippen molar-refractivity contribution in [3.63, 3.8) is 0 Å². The molecular formula is C19H17BrN2O3. The number of halogens is 1. The molecule has 0 aliphatic rings. The van der Waals surface area contributed by atoms with Gasteiger partial charge in [-0.25, -0.2) is 4.98 Å². The highest BCUT2D eigenvalue weighted by Crippen LogP contribution is 2.18. The maximum absolute atomic E-state index is 12.3. The number of pyridine rings is 1. The number of rotatable bonds is 3. The minimum absolute atomic E-state index is 0.205. The van der Waals surface area contributed by atoms with E-state index in [9.17, 15) is 9.59 Å². The molecule has 1 aromatic heterocycles. The minimum atomic E-state index is -1.08. The molecule has 0 aliphatic carbocycles. The van der Waals surface area contributed by atoms with Gasteiger partial charge in [0.2, 0.25) is 0 Å².